The van der Waals surface area contributed by atoms with Gasteiger partial charge in [0.15, 0.2) is 0 Å². The van der Waals surface area contributed by atoms with Crippen LogP contribution in [0.4, 0.5) is 5.69 Å². The van der Waals surface area contributed by atoms with Crippen LogP contribution in [-0.2, 0) is 4.79 Å². The Hall–Kier alpha value is -1.70. The molecule has 2 aliphatic rings. The van der Waals surface area contributed by atoms with Crippen molar-refractivity contribution in [1.29, 1.82) is 0 Å². The van der Waals surface area contributed by atoms with E-state index >= 15 is 0 Å². The third-order valence-electron chi connectivity index (χ3n) is 5.08. The van der Waals surface area contributed by atoms with Crippen molar-refractivity contribution in [2.45, 2.75) is 25.3 Å². The van der Waals surface area contributed by atoms with E-state index in [0.717, 1.165) is 46.8 Å². The molecule has 0 bridgehead atoms. The quantitative estimate of drug-likeness (QED) is 0.743. The van der Waals surface area contributed by atoms with Crippen LogP contribution in [0.5, 0.6) is 0 Å². The highest BCUT2D eigenvalue weighted by molar-refractivity contribution is 8.04. The largest absolute Gasteiger partial charge is 0.351 e. The molecule has 1 fully saturated rings. The molecule has 140 valence electrons. The Morgan fingerprint density at radius 1 is 1.42 bits per heavy atom. The SMILES string of the molecule is Cl.N[C@H]1CCC[C@H]1CNC(=O)C1=CN(c2ccnc3[nH]ccc23)CCS1. The molecule has 8 heteroatoms. The van der Waals surface area contributed by atoms with Gasteiger partial charge < -0.3 is 20.9 Å². The van der Waals surface area contributed by atoms with Gasteiger partial charge in [-0.15, -0.1) is 24.2 Å². The number of anilines is 1. The second-order valence-corrected chi connectivity index (χ2v) is 7.81. The summed E-state index contributed by atoms with van der Waals surface area (Å²) in [5, 5.41) is 4.15. The highest BCUT2D eigenvalue weighted by Crippen LogP contribution is 2.30. The molecule has 1 aliphatic heterocycles. The molecule has 0 spiro atoms. The zero-order chi connectivity index (χ0) is 17.2. The summed E-state index contributed by atoms with van der Waals surface area (Å²) in [5.41, 5.74) is 8.04. The number of nitrogens with one attached hydrogen (secondary N) is 2. The number of carbonyl (C=O) groups is 1. The van der Waals surface area contributed by atoms with Gasteiger partial charge in [0.25, 0.3) is 5.91 Å². The van der Waals surface area contributed by atoms with E-state index in [2.05, 4.69) is 20.2 Å². The van der Waals surface area contributed by atoms with Crippen LogP contribution >= 0.6 is 24.2 Å². The number of fused-ring (bicyclic) bond motifs is 1. The summed E-state index contributed by atoms with van der Waals surface area (Å²) < 4.78 is 0. The van der Waals surface area contributed by atoms with Crippen LogP contribution < -0.4 is 16.0 Å². The average Bonchev–Trinajstić information content (AvgIpc) is 3.28. The van der Waals surface area contributed by atoms with Crippen LogP contribution in [0.2, 0.25) is 0 Å². The fourth-order valence-electron chi connectivity index (χ4n) is 3.64. The Labute approximate surface area is 163 Å². The highest BCUT2D eigenvalue weighted by atomic mass is 35.5. The molecule has 6 nitrogen and oxygen atoms in total. The topological polar surface area (TPSA) is 87.0 Å². The molecular formula is C18H24ClN5OS. The Balaban J connectivity index is 0.00000196. The summed E-state index contributed by atoms with van der Waals surface area (Å²) in [4.78, 5) is 22.9. The third kappa shape index (κ3) is 3.84. The zero-order valence-electron chi connectivity index (χ0n) is 14.5. The van der Waals surface area contributed by atoms with E-state index in [1.807, 2.05) is 24.5 Å². The number of H-pyrrole nitrogens is 1. The number of aromatic amines is 1. The fourth-order valence-corrected chi connectivity index (χ4v) is 4.55. The monoisotopic (exact) mass is 393 g/mol. The first-order valence-electron chi connectivity index (χ1n) is 8.79. The number of nitrogens with two attached hydrogens (primary N) is 1. The Bertz CT molecular complexity index is 808. The molecule has 0 unspecified atom stereocenters. The van der Waals surface area contributed by atoms with Crippen LogP contribution in [0.25, 0.3) is 11.0 Å². The lowest BCUT2D eigenvalue weighted by molar-refractivity contribution is -0.117. The molecule has 4 N–H and O–H groups in total. The molecule has 0 aromatic carbocycles. The maximum atomic E-state index is 12.6. The molecule has 0 radical (unpaired) electrons. The number of hydrogen-bond acceptors (Lipinski definition) is 5. The summed E-state index contributed by atoms with van der Waals surface area (Å²) in [7, 11) is 0. The van der Waals surface area contributed by atoms with Crippen LogP contribution in [-0.4, -0.2) is 40.8 Å². The van der Waals surface area contributed by atoms with Gasteiger partial charge in [0.2, 0.25) is 0 Å². The molecule has 2 aromatic rings. The third-order valence-corrected chi connectivity index (χ3v) is 6.06. The molecular weight excluding hydrogens is 370 g/mol. The second-order valence-electron chi connectivity index (χ2n) is 6.67. The number of rotatable bonds is 4. The highest BCUT2D eigenvalue weighted by Gasteiger charge is 2.25. The Kier molecular flexibility index (Phi) is 6.11. The van der Waals surface area contributed by atoms with Crippen LogP contribution in [0.15, 0.2) is 35.6 Å². The lowest BCUT2D eigenvalue weighted by atomic mass is 10.1. The summed E-state index contributed by atoms with van der Waals surface area (Å²) >= 11 is 1.61. The molecule has 1 aliphatic carbocycles. The number of hydrogen-bond donors (Lipinski definition) is 3. The molecule has 4 rings (SSSR count). The van der Waals surface area contributed by atoms with Gasteiger partial charge in [-0.05, 0) is 30.9 Å². The van der Waals surface area contributed by atoms with Gasteiger partial charge in [-0.25, -0.2) is 4.98 Å². The van der Waals surface area contributed by atoms with E-state index in [0.29, 0.717) is 12.5 Å². The number of thioether (sulfide) groups is 1. The zero-order valence-corrected chi connectivity index (χ0v) is 16.1. The number of carbonyl (C=O) groups excluding carboxylic acids is 1. The normalized spacial score (nSPS) is 22.8. The number of nitrogens with zero attached hydrogens (tertiary/aromatic N) is 2. The van der Waals surface area contributed by atoms with Crippen LogP contribution in [0.1, 0.15) is 19.3 Å². The van der Waals surface area contributed by atoms with Gasteiger partial charge in [0.1, 0.15) is 5.65 Å². The van der Waals surface area contributed by atoms with E-state index in [9.17, 15) is 4.79 Å². The van der Waals surface area contributed by atoms with Crippen molar-refractivity contribution in [3.8, 4) is 0 Å². The Morgan fingerprint density at radius 2 is 2.31 bits per heavy atom. The van der Waals surface area contributed by atoms with Gasteiger partial charge in [-0.3, -0.25) is 4.79 Å². The average molecular weight is 394 g/mol. The van der Waals surface area contributed by atoms with Crippen molar-refractivity contribution >= 4 is 46.8 Å². The standard InChI is InChI=1S/C18H23N5OS.ClH/c19-14-3-1-2-12(14)10-22-18(24)16-11-23(8-9-25-16)15-5-7-21-17-13(15)4-6-20-17;/h4-7,11-12,14H,1-3,8-10,19H2,(H,20,21)(H,22,24);1H/t12-,14-;/m0./s1. The van der Waals surface area contributed by atoms with E-state index < -0.39 is 0 Å². The van der Waals surface area contributed by atoms with Gasteiger partial charge in [-0.1, -0.05) is 6.42 Å². The predicted molar refractivity (Wildman–Crippen MR) is 110 cm³/mol. The molecule has 3 heterocycles. The molecule has 2 atom stereocenters. The van der Waals surface area contributed by atoms with Crippen molar-refractivity contribution < 1.29 is 4.79 Å². The summed E-state index contributed by atoms with van der Waals surface area (Å²) in [6, 6.07) is 4.24. The maximum absolute atomic E-state index is 12.6. The van der Waals surface area contributed by atoms with Crippen molar-refractivity contribution in [3.05, 3.63) is 35.6 Å². The molecule has 26 heavy (non-hydrogen) atoms. The number of pyridine rings is 1. The first kappa shape index (κ1) is 19.1. The van der Waals surface area contributed by atoms with Crippen molar-refractivity contribution in [1.82, 2.24) is 15.3 Å². The van der Waals surface area contributed by atoms with Crippen LogP contribution in [0, 0.1) is 5.92 Å². The van der Waals surface area contributed by atoms with Gasteiger partial charge in [0.05, 0.1) is 10.6 Å². The summed E-state index contributed by atoms with van der Waals surface area (Å²) in [5.74, 6) is 1.30. The van der Waals surface area contributed by atoms with Crippen molar-refractivity contribution in [3.63, 3.8) is 0 Å². The fraction of sp³-hybridized carbons (Fsp3) is 0.444. The van der Waals surface area contributed by atoms with E-state index in [1.165, 1.54) is 6.42 Å². The maximum Gasteiger partial charge on any atom is 0.259 e. The minimum atomic E-state index is 0. The van der Waals surface area contributed by atoms with Gasteiger partial charge in [0, 0.05) is 48.9 Å². The van der Waals surface area contributed by atoms with Gasteiger partial charge >= 0.3 is 0 Å². The molecule has 1 amide bonds. The minimum absolute atomic E-state index is 0. The molecule has 0 saturated heterocycles. The molecule has 1 saturated carbocycles. The predicted octanol–water partition coefficient (Wildman–Crippen LogP) is 2.62. The number of halogens is 1. The lowest BCUT2D eigenvalue weighted by Crippen LogP contribution is -2.37. The number of amides is 1. The van der Waals surface area contributed by atoms with Crippen molar-refractivity contribution in [2.75, 3.05) is 23.7 Å². The van der Waals surface area contributed by atoms with Gasteiger partial charge in [-0.2, -0.15) is 0 Å². The first-order chi connectivity index (χ1) is 12.2. The van der Waals surface area contributed by atoms with E-state index in [-0.39, 0.29) is 24.4 Å². The first-order valence-corrected chi connectivity index (χ1v) is 9.78. The smallest absolute Gasteiger partial charge is 0.259 e. The minimum Gasteiger partial charge on any atom is -0.351 e. The lowest BCUT2D eigenvalue weighted by Gasteiger charge is -2.27. The Morgan fingerprint density at radius 3 is 3.12 bits per heavy atom. The summed E-state index contributed by atoms with van der Waals surface area (Å²) in [6.07, 6.45) is 9.00. The van der Waals surface area contributed by atoms with E-state index in [1.54, 1.807) is 18.0 Å². The summed E-state index contributed by atoms with van der Waals surface area (Å²) in [6.45, 7) is 1.55. The van der Waals surface area contributed by atoms with E-state index in [4.69, 9.17) is 5.73 Å². The van der Waals surface area contributed by atoms with Crippen LogP contribution in [0.3, 0.4) is 0 Å². The molecule has 2 aromatic heterocycles. The second kappa shape index (κ2) is 8.33. The number of aromatic nitrogens is 2. The van der Waals surface area contributed by atoms with Crippen molar-refractivity contribution in [2.24, 2.45) is 11.7 Å².